The van der Waals surface area contributed by atoms with E-state index in [2.05, 4.69) is 0 Å². The second kappa shape index (κ2) is 7.38. The molecule has 1 saturated heterocycles. The van der Waals surface area contributed by atoms with Gasteiger partial charge in [0.1, 0.15) is 5.69 Å². The first-order valence-electron chi connectivity index (χ1n) is 7.96. The molecule has 1 atom stereocenters. The maximum atomic E-state index is 12.5. The Morgan fingerprint density at radius 2 is 1.83 bits per heavy atom. The van der Waals surface area contributed by atoms with Crippen LogP contribution in [-0.2, 0) is 10.8 Å². The van der Waals surface area contributed by atoms with E-state index in [4.69, 9.17) is 9.47 Å². The van der Waals surface area contributed by atoms with Crippen molar-refractivity contribution < 1.29 is 18.6 Å². The number of hydrogen-bond acceptors (Lipinski definition) is 6. The van der Waals surface area contributed by atoms with Crippen molar-refractivity contribution in [2.45, 2.75) is 31.4 Å². The fraction of sp³-hybridized carbons (Fsp3) is 0.625. The average Bonchev–Trinajstić information content (AvgIpc) is 2.61. The lowest BCUT2D eigenvalue weighted by molar-refractivity contribution is -0.384. The molecular weight excluding hydrogens is 332 g/mol. The predicted molar refractivity (Wildman–Crippen MR) is 94.7 cm³/mol. The van der Waals surface area contributed by atoms with Crippen molar-refractivity contribution in [2.24, 2.45) is 0 Å². The summed E-state index contributed by atoms with van der Waals surface area (Å²) in [6, 6.07) is 3.03. The third-order valence-electron chi connectivity index (χ3n) is 4.82. The molecule has 24 heavy (non-hydrogen) atoms. The summed E-state index contributed by atoms with van der Waals surface area (Å²) in [4.78, 5) is 13.1. The van der Waals surface area contributed by atoms with Gasteiger partial charge < -0.3 is 14.4 Å². The number of anilines is 1. The Morgan fingerprint density at radius 1 is 1.25 bits per heavy atom. The summed E-state index contributed by atoms with van der Waals surface area (Å²) in [5.74, 6) is 1.28. The quantitative estimate of drug-likeness (QED) is 0.576. The highest BCUT2D eigenvalue weighted by Crippen LogP contribution is 2.41. The molecule has 1 heterocycles. The van der Waals surface area contributed by atoms with Gasteiger partial charge in [0.25, 0.3) is 5.69 Å². The van der Waals surface area contributed by atoms with E-state index in [0.29, 0.717) is 36.0 Å². The molecule has 0 bridgehead atoms. The van der Waals surface area contributed by atoms with Crippen molar-refractivity contribution in [3.05, 3.63) is 22.2 Å². The van der Waals surface area contributed by atoms with Gasteiger partial charge >= 0.3 is 0 Å². The lowest BCUT2D eigenvalue weighted by Gasteiger charge is -2.42. The minimum absolute atomic E-state index is 0.0264. The molecule has 1 aliphatic heterocycles. The Bertz CT molecular complexity index is 646. The molecule has 0 amide bonds. The van der Waals surface area contributed by atoms with E-state index in [-0.39, 0.29) is 10.4 Å². The molecule has 0 aliphatic carbocycles. The summed E-state index contributed by atoms with van der Waals surface area (Å²) in [7, 11) is 2.02. The molecule has 134 valence electrons. The summed E-state index contributed by atoms with van der Waals surface area (Å²) >= 11 is 0. The highest BCUT2D eigenvalue weighted by atomic mass is 32.2. The molecule has 1 aromatic rings. The van der Waals surface area contributed by atoms with Crippen LogP contribution in [0.25, 0.3) is 0 Å². The van der Waals surface area contributed by atoms with E-state index < -0.39 is 15.7 Å². The van der Waals surface area contributed by atoms with Crippen LogP contribution < -0.4 is 14.4 Å². The Morgan fingerprint density at radius 3 is 2.33 bits per heavy atom. The number of benzene rings is 1. The molecule has 0 aromatic heterocycles. The molecule has 1 unspecified atom stereocenters. The zero-order valence-corrected chi connectivity index (χ0v) is 15.4. The Balaban J connectivity index is 2.50. The predicted octanol–water partition coefficient (Wildman–Crippen LogP) is 2.74. The SMILES string of the molecule is CCC1(CC)CN(c2cc(OC)c(OC)cc2[N+](=O)[O-])CCS1=O. The normalized spacial score (nSPS) is 19.8. The van der Waals surface area contributed by atoms with E-state index >= 15 is 0 Å². The number of nitro groups is 1. The van der Waals surface area contributed by atoms with Gasteiger partial charge in [0, 0.05) is 35.7 Å². The van der Waals surface area contributed by atoms with Crippen LogP contribution in [0, 0.1) is 10.1 Å². The molecule has 1 aliphatic rings. The van der Waals surface area contributed by atoms with Crippen molar-refractivity contribution in [1.82, 2.24) is 0 Å². The van der Waals surface area contributed by atoms with Gasteiger partial charge in [0.2, 0.25) is 0 Å². The lowest BCUT2D eigenvalue weighted by atomic mass is 10.0. The maximum Gasteiger partial charge on any atom is 0.296 e. The number of nitro benzene ring substituents is 1. The van der Waals surface area contributed by atoms with Gasteiger partial charge in [-0.15, -0.1) is 0 Å². The van der Waals surface area contributed by atoms with Gasteiger partial charge in [-0.05, 0) is 12.8 Å². The largest absolute Gasteiger partial charge is 0.493 e. The molecule has 0 spiro atoms. The van der Waals surface area contributed by atoms with Gasteiger partial charge in [0.15, 0.2) is 11.5 Å². The van der Waals surface area contributed by atoms with E-state index in [1.165, 1.54) is 20.3 Å². The molecule has 2 rings (SSSR count). The minimum Gasteiger partial charge on any atom is -0.493 e. The molecule has 0 saturated carbocycles. The zero-order valence-electron chi connectivity index (χ0n) is 14.5. The third-order valence-corrected chi connectivity index (χ3v) is 7.04. The van der Waals surface area contributed by atoms with Crippen LogP contribution in [0.1, 0.15) is 26.7 Å². The minimum atomic E-state index is -0.929. The number of methoxy groups -OCH3 is 2. The van der Waals surface area contributed by atoms with E-state index in [1.54, 1.807) is 6.07 Å². The van der Waals surface area contributed by atoms with Gasteiger partial charge in [-0.2, -0.15) is 0 Å². The third kappa shape index (κ3) is 3.19. The number of hydrogen-bond donors (Lipinski definition) is 0. The fourth-order valence-electron chi connectivity index (χ4n) is 3.17. The van der Waals surface area contributed by atoms with Gasteiger partial charge in [-0.25, -0.2) is 0 Å². The lowest BCUT2D eigenvalue weighted by Crippen LogP contribution is -2.53. The topological polar surface area (TPSA) is 81.9 Å². The van der Waals surface area contributed by atoms with E-state index in [1.807, 2.05) is 18.7 Å². The summed E-state index contributed by atoms with van der Waals surface area (Å²) in [5, 5.41) is 11.5. The van der Waals surface area contributed by atoms with Crippen LogP contribution in [0.3, 0.4) is 0 Å². The highest BCUT2D eigenvalue weighted by Gasteiger charge is 2.40. The van der Waals surface area contributed by atoms with Crippen LogP contribution in [0.5, 0.6) is 11.5 Å². The van der Waals surface area contributed by atoms with E-state index in [0.717, 1.165) is 12.8 Å². The second-order valence-electron chi connectivity index (χ2n) is 5.81. The van der Waals surface area contributed by atoms with Gasteiger partial charge in [-0.3, -0.25) is 14.3 Å². The first kappa shape index (κ1) is 18.5. The van der Waals surface area contributed by atoms with Crippen molar-refractivity contribution in [3.8, 4) is 11.5 Å². The standard InChI is InChI=1S/C16H24N2O5S/c1-5-16(6-2)11-17(7-8-24(16)21)12-9-14(22-3)15(23-4)10-13(12)18(19)20/h9-10H,5-8,11H2,1-4H3. The van der Waals surface area contributed by atoms with Gasteiger partial charge in [0.05, 0.1) is 30.0 Å². The van der Waals surface area contributed by atoms with Crippen LogP contribution in [0.4, 0.5) is 11.4 Å². The first-order valence-corrected chi connectivity index (χ1v) is 9.28. The van der Waals surface area contributed by atoms with Crippen LogP contribution in [-0.4, -0.2) is 46.9 Å². The Labute approximate surface area is 144 Å². The average molecular weight is 356 g/mol. The molecule has 1 aromatic carbocycles. The second-order valence-corrected chi connectivity index (χ2v) is 7.78. The highest BCUT2D eigenvalue weighted by molar-refractivity contribution is 7.86. The molecule has 0 N–H and O–H groups in total. The van der Waals surface area contributed by atoms with Crippen molar-refractivity contribution in [3.63, 3.8) is 0 Å². The number of rotatable bonds is 6. The fourth-order valence-corrected chi connectivity index (χ4v) is 4.93. The van der Waals surface area contributed by atoms with Crippen LogP contribution in [0.15, 0.2) is 12.1 Å². The van der Waals surface area contributed by atoms with E-state index in [9.17, 15) is 14.3 Å². The summed E-state index contributed by atoms with van der Waals surface area (Å²) in [6.45, 7) is 5.09. The Kier molecular flexibility index (Phi) is 5.69. The first-order chi connectivity index (χ1) is 11.4. The zero-order chi connectivity index (χ0) is 17.9. The van der Waals surface area contributed by atoms with Crippen LogP contribution >= 0.6 is 0 Å². The molecule has 1 fully saturated rings. The van der Waals surface area contributed by atoms with Crippen molar-refractivity contribution >= 4 is 22.2 Å². The number of ether oxygens (including phenoxy) is 2. The summed E-state index contributed by atoms with van der Waals surface area (Å²) < 4.78 is 22.6. The smallest absolute Gasteiger partial charge is 0.296 e. The van der Waals surface area contributed by atoms with Crippen molar-refractivity contribution in [2.75, 3.05) is 38.0 Å². The summed E-state index contributed by atoms with van der Waals surface area (Å²) in [6.07, 6.45) is 1.54. The maximum absolute atomic E-state index is 12.5. The molecule has 0 radical (unpaired) electrons. The van der Waals surface area contributed by atoms with Crippen LogP contribution in [0.2, 0.25) is 0 Å². The monoisotopic (exact) mass is 356 g/mol. The molecule has 8 heteroatoms. The van der Waals surface area contributed by atoms with Crippen molar-refractivity contribution in [1.29, 1.82) is 0 Å². The molecular formula is C16H24N2O5S. The number of nitrogens with zero attached hydrogens (tertiary/aromatic N) is 2. The molecule has 7 nitrogen and oxygen atoms in total. The Hall–Kier alpha value is -1.83. The van der Waals surface area contributed by atoms with Gasteiger partial charge in [-0.1, -0.05) is 13.8 Å². The summed E-state index contributed by atoms with van der Waals surface area (Å²) in [5.41, 5.74) is 0.460.